The van der Waals surface area contributed by atoms with E-state index in [2.05, 4.69) is 5.32 Å². The van der Waals surface area contributed by atoms with Gasteiger partial charge in [-0.05, 0) is 12.3 Å². The Morgan fingerprint density at radius 3 is 2.50 bits per heavy atom. The highest BCUT2D eigenvalue weighted by molar-refractivity contribution is 5.80. The maximum Gasteiger partial charge on any atom is 0.407 e. The summed E-state index contributed by atoms with van der Waals surface area (Å²) in [5.74, 6) is -0.993. The van der Waals surface area contributed by atoms with Crippen molar-refractivity contribution in [1.82, 2.24) is 5.32 Å². The van der Waals surface area contributed by atoms with Gasteiger partial charge in [-0.25, -0.2) is 9.59 Å². The average molecular weight is 231 g/mol. The molecule has 0 rings (SSSR count). The molecule has 0 spiro atoms. The van der Waals surface area contributed by atoms with Crippen LogP contribution in [0, 0.1) is 5.92 Å². The molecule has 0 saturated carbocycles. The molecule has 6 heteroatoms. The number of amides is 1. The molecule has 0 fully saturated rings. The van der Waals surface area contributed by atoms with Crippen molar-refractivity contribution in [2.45, 2.75) is 32.7 Å². The van der Waals surface area contributed by atoms with Crippen LogP contribution in [-0.4, -0.2) is 36.1 Å². The second-order valence-corrected chi connectivity index (χ2v) is 3.77. The zero-order valence-electron chi connectivity index (χ0n) is 9.43. The number of hydrogen-bond donors (Lipinski definition) is 2. The highest BCUT2D eigenvalue weighted by atomic mass is 16.5. The van der Waals surface area contributed by atoms with Gasteiger partial charge >= 0.3 is 12.1 Å². The summed E-state index contributed by atoms with van der Waals surface area (Å²) in [7, 11) is 0. The van der Waals surface area contributed by atoms with Crippen molar-refractivity contribution in [2.75, 3.05) is 6.61 Å². The first-order valence-corrected chi connectivity index (χ1v) is 5.07. The average Bonchev–Trinajstić information content (AvgIpc) is 2.20. The lowest BCUT2D eigenvalue weighted by molar-refractivity contribution is -0.139. The number of aliphatic carboxylic acids is 1. The van der Waals surface area contributed by atoms with E-state index >= 15 is 0 Å². The molecule has 0 aromatic heterocycles. The largest absolute Gasteiger partial charge is 0.480 e. The zero-order chi connectivity index (χ0) is 12.6. The van der Waals surface area contributed by atoms with Gasteiger partial charge in [0.25, 0.3) is 0 Å². The number of aldehydes is 1. The van der Waals surface area contributed by atoms with Crippen LogP contribution >= 0.6 is 0 Å². The van der Waals surface area contributed by atoms with E-state index in [0.717, 1.165) is 0 Å². The van der Waals surface area contributed by atoms with Crippen molar-refractivity contribution in [1.29, 1.82) is 0 Å². The third-order valence-corrected chi connectivity index (χ3v) is 1.71. The predicted molar refractivity (Wildman–Crippen MR) is 56.0 cm³/mol. The molecular formula is C10H17NO5. The standard InChI is InChI=1S/C10H17NO5/c1-7(2)6-16-10(15)11-8(9(13)14)4-3-5-12/h5,7-8H,3-4,6H2,1-2H3,(H,11,15)(H,13,14). The number of hydrogen-bond acceptors (Lipinski definition) is 4. The Morgan fingerprint density at radius 2 is 2.06 bits per heavy atom. The van der Waals surface area contributed by atoms with Gasteiger partial charge in [0.2, 0.25) is 0 Å². The second-order valence-electron chi connectivity index (χ2n) is 3.77. The smallest absolute Gasteiger partial charge is 0.407 e. The molecule has 2 N–H and O–H groups in total. The van der Waals surface area contributed by atoms with Gasteiger partial charge in [-0.1, -0.05) is 13.8 Å². The van der Waals surface area contributed by atoms with Gasteiger partial charge in [0.1, 0.15) is 12.3 Å². The maximum atomic E-state index is 11.1. The van der Waals surface area contributed by atoms with Crippen molar-refractivity contribution in [3.05, 3.63) is 0 Å². The quantitative estimate of drug-likeness (QED) is 0.632. The Kier molecular flexibility index (Phi) is 6.91. The molecule has 1 atom stereocenters. The molecule has 0 saturated heterocycles. The van der Waals surface area contributed by atoms with Crippen LogP contribution in [0.25, 0.3) is 0 Å². The van der Waals surface area contributed by atoms with E-state index in [0.29, 0.717) is 6.29 Å². The topological polar surface area (TPSA) is 92.7 Å². The first-order chi connectivity index (χ1) is 7.47. The van der Waals surface area contributed by atoms with Crippen LogP contribution in [0.3, 0.4) is 0 Å². The van der Waals surface area contributed by atoms with E-state index in [1.165, 1.54) is 0 Å². The minimum Gasteiger partial charge on any atom is -0.480 e. The molecule has 0 radical (unpaired) electrons. The molecular weight excluding hydrogens is 214 g/mol. The van der Waals surface area contributed by atoms with Crippen LogP contribution < -0.4 is 5.32 Å². The maximum absolute atomic E-state index is 11.1. The van der Waals surface area contributed by atoms with E-state index < -0.39 is 18.1 Å². The van der Waals surface area contributed by atoms with Crippen molar-refractivity contribution < 1.29 is 24.2 Å². The molecule has 92 valence electrons. The number of carboxylic acids is 1. The lowest BCUT2D eigenvalue weighted by atomic mass is 10.2. The van der Waals surface area contributed by atoms with Gasteiger partial charge in [-0.2, -0.15) is 0 Å². The fourth-order valence-electron chi connectivity index (χ4n) is 0.918. The molecule has 6 nitrogen and oxygen atoms in total. The monoisotopic (exact) mass is 231 g/mol. The van der Waals surface area contributed by atoms with Crippen molar-refractivity contribution >= 4 is 18.3 Å². The van der Waals surface area contributed by atoms with Crippen LogP contribution in [0.1, 0.15) is 26.7 Å². The minimum atomic E-state index is -1.18. The molecule has 0 heterocycles. The lowest BCUT2D eigenvalue weighted by Gasteiger charge is -2.14. The van der Waals surface area contributed by atoms with E-state index in [4.69, 9.17) is 9.84 Å². The van der Waals surface area contributed by atoms with Gasteiger partial charge in [0.05, 0.1) is 6.61 Å². The van der Waals surface area contributed by atoms with Crippen LogP contribution in [0.4, 0.5) is 4.79 Å². The fraction of sp³-hybridized carbons (Fsp3) is 0.700. The van der Waals surface area contributed by atoms with Crippen molar-refractivity contribution in [3.63, 3.8) is 0 Å². The summed E-state index contributed by atoms with van der Waals surface area (Å²) in [4.78, 5) is 31.9. The molecule has 16 heavy (non-hydrogen) atoms. The molecule has 0 aliphatic heterocycles. The number of nitrogens with one attached hydrogen (secondary N) is 1. The molecule has 0 aliphatic rings. The van der Waals surface area contributed by atoms with Crippen LogP contribution in [0.15, 0.2) is 0 Å². The van der Waals surface area contributed by atoms with Gasteiger partial charge in [-0.15, -0.1) is 0 Å². The van der Waals surface area contributed by atoms with E-state index in [1.54, 1.807) is 0 Å². The molecule has 1 amide bonds. The van der Waals surface area contributed by atoms with Crippen LogP contribution in [0.2, 0.25) is 0 Å². The SMILES string of the molecule is CC(C)COC(=O)NC(CCC=O)C(=O)O. The van der Waals surface area contributed by atoms with Crippen molar-refractivity contribution in [2.24, 2.45) is 5.92 Å². The molecule has 0 aromatic carbocycles. The Morgan fingerprint density at radius 1 is 1.44 bits per heavy atom. The Labute approximate surface area is 94.0 Å². The number of ether oxygens (including phenoxy) is 1. The minimum absolute atomic E-state index is 0.0651. The first-order valence-electron chi connectivity index (χ1n) is 5.07. The third-order valence-electron chi connectivity index (χ3n) is 1.71. The summed E-state index contributed by atoms with van der Waals surface area (Å²) in [6.45, 7) is 3.97. The number of rotatable bonds is 7. The van der Waals surface area contributed by atoms with Gasteiger partial charge in [0, 0.05) is 6.42 Å². The van der Waals surface area contributed by atoms with Gasteiger partial charge in [-0.3, -0.25) is 0 Å². The highest BCUT2D eigenvalue weighted by Crippen LogP contribution is 1.98. The Hall–Kier alpha value is -1.59. The van der Waals surface area contributed by atoms with Crippen LogP contribution in [0.5, 0.6) is 0 Å². The summed E-state index contributed by atoms with van der Waals surface area (Å²) >= 11 is 0. The highest BCUT2D eigenvalue weighted by Gasteiger charge is 2.20. The van der Waals surface area contributed by atoms with Crippen molar-refractivity contribution in [3.8, 4) is 0 Å². The molecule has 0 aromatic rings. The summed E-state index contributed by atoms with van der Waals surface area (Å²) in [6.07, 6.45) is -0.0133. The molecule has 1 unspecified atom stereocenters. The first kappa shape index (κ1) is 14.4. The molecule has 0 bridgehead atoms. The number of carboxylic acid groups (broad SMARTS) is 1. The normalized spacial score (nSPS) is 11.9. The summed E-state index contributed by atoms with van der Waals surface area (Å²) < 4.78 is 4.76. The summed E-state index contributed by atoms with van der Waals surface area (Å²) in [5.41, 5.74) is 0. The van der Waals surface area contributed by atoms with E-state index in [1.807, 2.05) is 13.8 Å². The number of carbonyl (C=O) groups excluding carboxylic acids is 2. The Bertz CT molecular complexity index is 252. The van der Waals surface area contributed by atoms with E-state index in [9.17, 15) is 14.4 Å². The van der Waals surface area contributed by atoms with Gasteiger partial charge in [0.15, 0.2) is 0 Å². The zero-order valence-corrected chi connectivity index (χ0v) is 9.43. The van der Waals surface area contributed by atoms with Crippen LogP contribution in [-0.2, 0) is 14.3 Å². The third kappa shape index (κ3) is 6.80. The fourth-order valence-corrected chi connectivity index (χ4v) is 0.918. The van der Waals surface area contributed by atoms with Gasteiger partial charge < -0.3 is 20.0 Å². The summed E-state index contributed by atoms with van der Waals surface area (Å²) in [5, 5.41) is 10.9. The predicted octanol–water partition coefficient (Wildman–Crippen LogP) is 0.801. The van der Waals surface area contributed by atoms with E-state index in [-0.39, 0.29) is 25.4 Å². The number of carbonyl (C=O) groups is 3. The Balaban J connectivity index is 4.02. The number of alkyl carbamates (subject to hydrolysis) is 1. The summed E-state index contributed by atoms with van der Waals surface area (Å²) in [6, 6.07) is -1.08. The molecule has 0 aliphatic carbocycles. The second kappa shape index (κ2) is 7.67. The lowest BCUT2D eigenvalue weighted by Crippen LogP contribution is -2.41.